The number of unbranched alkanes of at least 4 members (excludes halogenated alkanes) is 7. The van der Waals surface area contributed by atoms with Crippen LogP contribution in [0.1, 0.15) is 77.6 Å². The van der Waals surface area contributed by atoms with Crippen LogP contribution >= 0.6 is 0 Å². The largest absolute Gasteiger partial charge is 0.481 e. The SMILES string of the molecule is CCCCCCCCCCOC(=O)C(CCC(F)(F)C(F)(F)C(F)(F)C(F)(F)F)(CC(=O)O)S(=O)(=O)O. The first-order valence-corrected chi connectivity index (χ1v) is 12.6. The van der Waals surface area contributed by atoms with E-state index < -0.39 is 76.6 Å². The Kier molecular flexibility index (Phi) is 12.7. The predicted octanol–water partition coefficient (Wildman–Crippen LogP) is 6.02. The number of carbonyl (C=O) groups excluding carboxylic acids is 1. The average Bonchev–Trinajstić information content (AvgIpc) is 2.73. The van der Waals surface area contributed by atoms with Gasteiger partial charge in [-0.15, -0.1) is 0 Å². The van der Waals surface area contributed by atoms with Crippen LogP contribution in [-0.2, 0) is 24.4 Å². The monoisotopic (exact) mass is 584 g/mol. The summed E-state index contributed by atoms with van der Waals surface area (Å²) in [7, 11) is -6.06. The maximum atomic E-state index is 13.9. The molecule has 17 heteroatoms. The summed E-state index contributed by atoms with van der Waals surface area (Å²) in [6, 6.07) is 0. The second-order valence-corrected chi connectivity index (χ2v) is 10.2. The smallest absolute Gasteiger partial charge is 0.460 e. The molecule has 0 heterocycles. The molecule has 0 aliphatic heterocycles. The standard InChI is InChI=1S/C20H29F9O7S/c1-2-3-4-5-6-7-8-9-12-36-15(32)16(13-14(30)31,37(33,34)35)10-11-17(21,22)18(23,24)19(25,26)20(27,28)29/h2-13H2,1H3,(H,30,31)(H,33,34,35). The highest BCUT2D eigenvalue weighted by Crippen LogP contribution is 2.55. The summed E-state index contributed by atoms with van der Waals surface area (Å²) in [5, 5.41) is 8.93. The van der Waals surface area contributed by atoms with Crippen LogP contribution in [0, 0.1) is 0 Å². The molecule has 7 nitrogen and oxygen atoms in total. The molecule has 2 N–H and O–H groups in total. The van der Waals surface area contributed by atoms with Gasteiger partial charge in [0.1, 0.15) is 0 Å². The van der Waals surface area contributed by atoms with Crippen LogP contribution < -0.4 is 0 Å². The molecule has 0 amide bonds. The van der Waals surface area contributed by atoms with Crippen LogP contribution in [0.2, 0.25) is 0 Å². The van der Waals surface area contributed by atoms with Crippen LogP contribution in [0.25, 0.3) is 0 Å². The lowest BCUT2D eigenvalue weighted by Crippen LogP contribution is -2.61. The van der Waals surface area contributed by atoms with Crippen LogP contribution in [0.5, 0.6) is 0 Å². The molecule has 0 spiro atoms. The Bertz CT molecular complexity index is 861. The van der Waals surface area contributed by atoms with E-state index in [1.807, 2.05) is 6.92 Å². The topological polar surface area (TPSA) is 118 Å². The molecular weight excluding hydrogens is 555 g/mol. The third-order valence-electron chi connectivity index (χ3n) is 5.59. The maximum Gasteiger partial charge on any atom is 0.460 e. The molecular formula is C20H29F9O7S. The van der Waals surface area contributed by atoms with Gasteiger partial charge in [0.25, 0.3) is 10.1 Å². The van der Waals surface area contributed by atoms with E-state index in [0.29, 0.717) is 12.8 Å². The van der Waals surface area contributed by atoms with Crippen molar-refractivity contribution >= 4 is 22.1 Å². The van der Waals surface area contributed by atoms with E-state index in [4.69, 9.17) is 5.11 Å². The van der Waals surface area contributed by atoms with E-state index in [-0.39, 0.29) is 6.42 Å². The number of hydrogen-bond acceptors (Lipinski definition) is 5. The van der Waals surface area contributed by atoms with E-state index in [1.54, 1.807) is 0 Å². The minimum atomic E-state index is -7.28. The molecule has 0 fully saturated rings. The Labute approximate surface area is 207 Å². The van der Waals surface area contributed by atoms with Crippen molar-refractivity contribution in [3.63, 3.8) is 0 Å². The number of carboxylic acid groups (broad SMARTS) is 1. The number of alkyl halides is 9. The first kappa shape index (κ1) is 35.2. The van der Waals surface area contributed by atoms with Gasteiger partial charge >= 0.3 is 35.9 Å². The van der Waals surface area contributed by atoms with Crippen LogP contribution in [0.15, 0.2) is 0 Å². The lowest BCUT2D eigenvalue weighted by molar-refractivity contribution is -0.396. The molecule has 0 rings (SSSR count). The van der Waals surface area contributed by atoms with E-state index in [0.717, 1.165) is 32.1 Å². The van der Waals surface area contributed by atoms with Crippen molar-refractivity contribution in [3.8, 4) is 0 Å². The number of carboxylic acids is 1. The first-order valence-electron chi connectivity index (χ1n) is 11.2. The van der Waals surface area contributed by atoms with Crippen molar-refractivity contribution in [3.05, 3.63) is 0 Å². The maximum absolute atomic E-state index is 13.9. The Hall–Kier alpha value is -1.78. The number of hydrogen-bond donors (Lipinski definition) is 2. The van der Waals surface area contributed by atoms with E-state index in [2.05, 4.69) is 4.74 Å². The molecule has 220 valence electrons. The number of ether oxygens (including phenoxy) is 1. The number of aliphatic carboxylic acids is 1. The summed E-state index contributed by atoms with van der Waals surface area (Å²) in [5.41, 5.74) is 0. The number of halogens is 9. The zero-order valence-corrected chi connectivity index (χ0v) is 20.5. The normalized spacial score (nSPS) is 15.3. The zero-order valence-electron chi connectivity index (χ0n) is 19.7. The molecule has 1 unspecified atom stereocenters. The fraction of sp³-hybridized carbons (Fsp3) is 0.900. The molecule has 1 atom stereocenters. The zero-order chi connectivity index (χ0) is 29.3. The second kappa shape index (κ2) is 13.3. The van der Waals surface area contributed by atoms with Crippen molar-refractivity contribution in [1.29, 1.82) is 0 Å². The Morgan fingerprint density at radius 2 is 1.22 bits per heavy atom. The number of esters is 1. The number of carbonyl (C=O) groups is 2. The predicted molar refractivity (Wildman–Crippen MR) is 110 cm³/mol. The molecule has 0 aliphatic carbocycles. The Morgan fingerprint density at radius 3 is 1.62 bits per heavy atom. The quantitative estimate of drug-likeness (QED) is 0.0876. The van der Waals surface area contributed by atoms with Gasteiger partial charge in [-0.3, -0.25) is 14.1 Å². The Balaban J connectivity index is 5.68. The van der Waals surface area contributed by atoms with Crippen LogP contribution in [0.4, 0.5) is 39.5 Å². The third kappa shape index (κ3) is 8.89. The summed E-state index contributed by atoms with van der Waals surface area (Å²) in [6.07, 6.45) is -8.43. The highest BCUT2D eigenvalue weighted by atomic mass is 32.2. The van der Waals surface area contributed by atoms with Crippen molar-refractivity contribution in [2.75, 3.05) is 6.61 Å². The molecule has 0 aliphatic rings. The highest BCUT2D eigenvalue weighted by molar-refractivity contribution is 7.88. The van der Waals surface area contributed by atoms with Crippen LogP contribution in [0.3, 0.4) is 0 Å². The van der Waals surface area contributed by atoms with Crippen molar-refractivity contribution in [1.82, 2.24) is 0 Å². The molecule has 0 aromatic rings. The second-order valence-electron chi connectivity index (χ2n) is 8.50. The van der Waals surface area contributed by atoms with Gasteiger partial charge in [0.15, 0.2) is 0 Å². The highest BCUT2D eigenvalue weighted by Gasteiger charge is 2.81. The van der Waals surface area contributed by atoms with Crippen molar-refractivity contribution < 1.29 is 71.9 Å². The lowest BCUT2D eigenvalue weighted by atomic mass is 9.92. The van der Waals surface area contributed by atoms with E-state index in [1.165, 1.54) is 0 Å². The average molecular weight is 584 g/mol. The minimum Gasteiger partial charge on any atom is -0.481 e. The van der Waals surface area contributed by atoms with Gasteiger partial charge in [-0.05, 0) is 12.8 Å². The van der Waals surface area contributed by atoms with Gasteiger partial charge in [-0.1, -0.05) is 51.9 Å². The molecule has 0 saturated heterocycles. The van der Waals surface area contributed by atoms with Gasteiger partial charge in [-0.25, -0.2) is 0 Å². The van der Waals surface area contributed by atoms with Gasteiger partial charge in [0.05, 0.1) is 13.0 Å². The molecule has 0 radical (unpaired) electrons. The lowest BCUT2D eigenvalue weighted by Gasteiger charge is -2.35. The van der Waals surface area contributed by atoms with Gasteiger partial charge in [0, 0.05) is 6.42 Å². The molecule has 0 aromatic carbocycles. The summed E-state index contributed by atoms with van der Waals surface area (Å²) < 4.78 is 152. The molecule has 37 heavy (non-hydrogen) atoms. The molecule has 0 bridgehead atoms. The van der Waals surface area contributed by atoms with Gasteiger partial charge in [-0.2, -0.15) is 47.9 Å². The molecule has 0 saturated carbocycles. The van der Waals surface area contributed by atoms with Gasteiger partial charge in [0.2, 0.25) is 4.75 Å². The fourth-order valence-corrected chi connectivity index (χ4v) is 4.22. The third-order valence-corrected chi connectivity index (χ3v) is 7.09. The van der Waals surface area contributed by atoms with Crippen molar-refractivity contribution in [2.45, 2.75) is 106 Å². The molecule has 0 aromatic heterocycles. The first-order chi connectivity index (χ1) is 16.6. The van der Waals surface area contributed by atoms with Crippen molar-refractivity contribution in [2.24, 2.45) is 0 Å². The van der Waals surface area contributed by atoms with E-state index in [9.17, 15) is 62.1 Å². The van der Waals surface area contributed by atoms with Gasteiger partial charge < -0.3 is 9.84 Å². The van der Waals surface area contributed by atoms with E-state index >= 15 is 0 Å². The summed E-state index contributed by atoms with van der Waals surface area (Å²) in [6.45, 7) is 1.40. The summed E-state index contributed by atoms with van der Waals surface area (Å²) in [5.74, 6) is -25.1. The number of rotatable bonds is 18. The van der Waals surface area contributed by atoms with Crippen LogP contribution in [-0.4, -0.2) is 65.3 Å². The minimum absolute atomic E-state index is 0.0696. The Morgan fingerprint density at radius 1 is 0.757 bits per heavy atom. The summed E-state index contributed by atoms with van der Waals surface area (Å²) in [4.78, 5) is 23.5. The summed E-state index contributed by atoms with van der Waals surface area (Å²) >= 11 is 0. The fourth-order valence-electron chi connectivity index (χ4n) is 3.29.